The lowest BCUT2D eigenvalue weighted by molar-refractivity contribution is -0.274. The third-order valence-corrected chi connectivity index (χ3v) is 4.58. The van der Waals surface area contributed by atoms with Gasteiger partial charge in [-0.1, -0.05) is 23.2 Å². The number of hydrogen-bond donors (Lipinski definition) is 1. The highest BCUT2D eigenvalue weighted by molar-refractivity contribution is 6.38. The van der Waals surface area contributed by atoms with Crippen molar-refractivity contribution >= 4 is 40.0 Å². The Kier molecular flexibility index (Phi) is 5.83. The minimum Gasteiger partial charge on any atom is -0.406 e. The third kappa shape index (κ3) is 5.14. The van der Waals surface area contributed by atoms with Gasteiger partial charge in [-0.15, -0.1) is 13.2 Å². The molecule has 0 radical (unpaired) electrons. The smallest absolute Gasteiger partial charge is 0.406 e. The molecule has 1 heterocycles. The Morgan fingerprint density at radius 2 is 1.93 bits per heavy atom. The first-order chi connectivity index (χ1) is 14.0. The van der Waals surface area contributed by atoms with Gasteiger partial charge < -0.3 is 10.1 Å². The Balaban J connectivity index is 1.76. The average molecular weight is 457 g/mol. The summed E-state index contributed by atoms with van der Waals surface area (Å²) in [5.41, 5.74) is -0.776. The first-order valence-corrected chi connectivity index (χ1v) is 9.15. The fourth-order valence-electron chi connectivity index (χ4n) is 2.74. The summed E-state index contributed by atoms with van der Waals surface area (Å²) in [6.07, 6.45) is -3.21. The van der Waals surface area contributed by atoms with Crippen molar-refractivity contribution in [2.75, 3.05) is 0 Å². The zero-order valence-corrected chi connectivity index (χ0v) is 16.8. The van der Waals surface area contributed by atoms with E-state index in [9.17, 15) is 23.2 Å². The largest absolute Gasteiger partial charge is 0.573 e. The van der Waals surface area contributed by atoms with Crippen LogP contribution in [0.2, 0.25) is 10.0 Å². The van der Waals surface area contributed by atoms with Crippen LogP contribution >= 0.6 is 23.2 Å². The third-order valence-electron chi connectivity index (χ3n) is 4.05. The summed E-state index contributed by atoms with van der Waals surface area (Å²) in [5, 5.41) is 17.9. The zero-order chi connectivity index (χ0) is 22.1. The number of nitrogens with zero attached hydrogens (tertiary/aromatic N) is 3. The maximum atomic E-state index is 12.5. The Morgan fingerprint density at radius 3 is 2.53 bits per heavy atom. The minimum absolute atomic E-state index is 0.00681. The minimum atomic E-state index is -4.83. The molecular formula is C19H13Cl2F3N4O2. The highest BCUT2D eigenvalue weighted by Gasteiger charge is 2.31. The number of hydrogen-bond acceptors (Lipinski definition) is 4. The van der Waals surface area contributed by atoms with Crippen molar-refractivity contribution in [1.82, 2.24) is 15.1 Å². The van der Waals surface area contributed by atoms with Crippen LogP contribution in [-0.4, -0.2) is 27.6 Å². The molecule has 0 spiro atoms. The van der Waals surface area contributed by atoms with Crippen LogP contribution in [0.5, 0.6) is 5.75 Å². The number of carbonyl (C=O) groups is 1. The van der Waals surface area contributed by atoms with E-state index >= 15 is 0 Å². The number of amides is 1. The van der Waals surface area contributed by atoms with E-state index in [0.29, 0.717) is 20.9 Å². The second-order valence-corrected chi connectivity index (χ2v) is 7.46. The summed E-state index contributed by atoms with van der Waals surface area (Å²) in [4.78, 5) is 12.5. The molecule has 1 aromatic heterocycles. The molecule has 1 amide bonds. The van der Waals surface area contributed by atoms with Gasteiger partial charge in [-0.2, -0.15) is 10.4 Å². The van der Waals surface area contributed by atoms with Gasteiger partial charge in [0.05, 0.1) is 23.2 Å². The quantitative estimate of drug-likeness (QED) is 0.588. The number of ether oxygens (including phenoxy) is 1. The Morgan fingerprint density at radius 1 is 1.27 bits per heavy atom. The molecule has 0 aliphatic heterocycles. The zero-order valence-electron chi connectivity index (χ0n) is 15.3. The van der Waals surface area contributed by atoms with Gasteiger partial charge >= 0.3 is 6.36 Å². The molecule has 30 heavy (non-hydrogen) atoms. The normalized spacial score (nSPS) is 13.5. The molecule has 11 heteroatoms. The van der Waals surface area contributed by atoms with Crippen molar-refractivity contribution in [3.05, 3.63) is 58.2 Å². The molecule has 0 aliphatic carbocycles. The number of aromatic nitrogens is 2. The molecule has 1 N–H and O–H groups in total. The van der Waals surface area contributed by atoms with Crippen molar-refractivity contribution < 1.29 is 22.7 Å². The number of benzene rings is 2. The van der Waals surface area contributed by atoms with Gasteiger partial charge in [-0.3, -0.25) is 9.48 Å². The van der Waals surface area contributed by atoms with Gasteiger partial charge in [0.2, 0.25) is 0 Å². The summed E-state index contributed by atoms with van der Waals surface area (Å²) >= 11 is 12.1. The molecule has 156 valence electrons. The molecule has 3 aromatic rings. The molecule has 2 aromatic carbocycles. The number of carbonyl (C=O) groups excluding carboxylic acids is 1. The summed E-state index contributed by atoms with van der Waals surface area (Å²) in [6, 6.07) is 9.55. The summed E-state index contributed by atoms with van der Waals surface area (Å²) in [5.74, 6) is -1.10. The molecular weight excluding hydrogens is 444 g/mol. The van der Waals surface area contributed by atoms with Crippen molar-refractivity contribution in [1.29, 1.82) is 5.26 Å². The molecule has 3 rings (SSSR count). The average Bonchev–Trinajstić information content (AvgIpc) is 3.03. The van der Waals surface area contributed by atoms with Crippen LogP contribution in [0, 0.1) is 11.3 Å². The standard InChI is InChI=1S/C19H13Cl2F3N4O2/c1-18(9-25,10-28-8-14-15(21)6-12(20)7-16(14)27-28)26-17(29)11-2-4-13(5-3-11)30-19(22,23)24/h2-8H,10H2,1H3,(H,26,29). The van der Waals surface area contributed by atoms with Crippen molar-refractivity contribution in [3.63, 3.8) is 0 Å². The number of nitriles is 1. The van der Waals surface area contributed by atoms with Crippen LogP contribution in [0.1, 0.15) is 17.3 Å². The summed E-state index contributed by atoms with van der Waals surface area (Å²) < 4.78 is 41.9. The number of nitrogens with one attached hydrogen (secondary N) is 1. The fourth-order valence-corrected chi connectivity index (χ4v) is 3.27. The number of rotatable bonds is 5. The van der Waals surface area contributed by atoms with Crippen LogP contribution in [-0.2, 0) is 6.54 Å². The van der Waals surface area contributed by atoms with Crippen molar-refractivity contribution in [3.8, 4) is 11.8 Å². The lowest BCUT2D eigenvalue weighted by Gasteiger charge is -2.23. The van der Waals surface area contributed by atoms with Crippen LogP contribution in [0.25, 0.3) is 10.9 Å². The number of halogens is 5. The molecule has 0 saturated heterocycles. The second-order valence-electron chi connectivity index (χ2n) is 6.62. The van der Waals surface area contributed by atoms with Gasteiger partial charge in [-0.05, 0) is 43.3 Å². The highest BCUT2D eigenvalue weighted by atomic mass is 35.5. The van der Waals surface area contributed by atoms with E-state index in [-0.39, 0.29) is 12.1 Å². The van der Waals surface area contributed by atoms with Gasteiger partial charge in [0.25, 0.3) is 5.91 Å². The highest BCUT2D eigenvalue weighted by Crippen LogP contribution is 2.27. The van der Waals surface area contributed by atoms with E-state index in [1.807, 2.05) is 6.07 Å². The lowest BCUT2D eigenvalue weighted by atomic mass is 10.0. The predicted octanol–water partition coefficient (Wildman–Crippen LogP) is 4.95. The predicted molar refractivity (Wildman–Crippen MR) is 104 cm³/mol. The molecule has 0 aliphatic rings. The van der Waals surface area contributed by atoms with E-state index in [1.165, 1.54) is 11.6 Å². The lowest BCUT2D eigenvalue weighted by Crippen LogP contribution is -2.48. The Labute approximate surface area is 178 Å². The van der Waals surface area contributed by atoms with Gasteiger partial charge in [-0.25, -0.2) is 0 Å². The van der Waals surface area contributed by atoms with E-state index in [2.05, 4.69) is 15.2 Å². The van der Waals surface area contributed by atoms with Gasteiger partial charge in [0.15, 0.2) is 0 Å². The van der Waals surface area contributed by atoms with E-state index in [4.69, 9.17) is 23.2 Å². The van der Waals surface area contributed by atoms with Crippen LogP contribution in [0.15, 0.2) is 42.6 Å². The first kappa shape index (κ1) is 21.7. The molecule has 0 bridgehead atoms. The number of fused-ring (bicyclic) bond motifs is 1. The maximum Gasteiger partial charge on any atom is 0.573 e. The van der Waals surface area contributed by atoms with Crippen molar-refractivity contribution in [2.45, 2.75) is 25.4 Å². The monoisotopic (exact) mass is 456 g/mol. The van der Waals surface area contributed by atoms with E-state index < -0.39 is 23.6 Å². The molecule has 6 nitrogen and oxygen atoms in total. The molecule has 0 fully saturated rings. The maximum absolute atomic E-state index is 12.5. The molecule has 1 unspecified atom stereocenters. The Hall–Kier alpha value is -2.96. The summed E-state index contributed by atoms with van der Waals surface area (Å²) in [6.45, 7) is 1.49. The Bertz CT molecular complexity index is 1140. The van der Waals surface area contributed by atoms with Crippen LogP contribution in [0.3, 0.4) is 0 Å². The van der Waals surface area contributed by atoms with E-state index in [0.717, 1.165) is 24.3 Å². The van der Waals surface area contributed by atoms with Gasteiger partial charge in [0.1, 0.15) is 11.3 Å². The topological polar surface area (TPSA) is 79.9 Å². The summed E-state index contributed by atoms with van der Waals surface area (Å²) in [7, 11) is 0. The van der Waals surface area contributed by atoms with Gasteiger partial charge in [0, 0.05) is 22.2 Å². The van der Waals surface area contributed by atoms with Crippen LogP contribution in [0.4, 0.5) is 13.2 Å². The second kappa shape index (κ2) is 8.05. The van der Waals surface area contributed by atoms with Crippen LogP contribution < -0.4 is 10.1 Å². The first-order valence-electron chi connectivity index (χ1n) is 8.40. The molecule has 1 atom stereocenters. The SMILES string of the molecule is CC(C#N)(Cn1cc2c(Cl)cc(Cl)cc2n1)NC(=O)c1ccc(OC(F)(F)F)cc1. The van der Waals surface area contributed by atoms with Crippen molar-refractivity contribution in [2.24, 2.45) is 0 Å². The fraction of sp³-hybridized carbons (Fsp3) is 0.211. The number of alkyl halides is 3. The van der Waals surface area contributed by atoms with E-state index in [1.54, 1.807) is 18.3 Å². The molecule has 0 saturated carbocycles.